The number of aromatic nitrogens is 4. The highest BCUT2D eigenvalue weighted by molar-refractivity contribution is 7.16. The molecule has 2 aromatic heterocycles. The largest absolute Gasteiger partial charge is 0.479 e. The molecule has 1 N–H and O–H groups in total. The zero-order valence-electron chi connectivity index (χ0n) is 11.8. The van der Waals surface area contributed by atoms with E-state index in [2.05, 4.69) is 34.5 Å². The first-order valence-corrected chi connectivity index (χ1v) is 7.75. The number of anilines is 1. The lowest BCUT2D eigenvalue weighted by Gasteiger charge is -2.25. The third kappa shape index (κ3) is 2.04. The molecule has 1 aliphatic rings. The molecule has 1 unspecified atom stereocenters. The zero-order chi connectivity index (χ0) is 14.4. The molecule has 4 rings (SSSR count). The van der Waals surface area contributed by atoms with Crippen LogP contribution in [0.15, 0.2) is 24.3 Å². The molecule has 21 heavy (non-hydrogen) atoms. The van der Waals surface area contributed by atoms with Crippen molar-refractivity contribution in [2.24, 2.45) is 0 Å². The Morgan fingerprint density at radius 2 is 2.19 bits per heavy atom. The van der Waals surface area contributed by atoms with Crippen LogP contribution >= 0.6 is 11.3 Å². The van der Waals surface area contributed by atoms with E-state index in [9.17, 15) is 0 Å². The Kier molecular flexibility index (Phi) is 2.81. The summed E-state index contributed by atoms with van der Waals surface area (Å²) in [5.74, 6) is 2.04. The fraction of sp³-hybridized carbons (Fsp3) is 0.357. The van der Waals surface area contributed by atoms with Crippen molar-refractivity contribution < 1.29 is 4.74 Å². The standard InChI is InChI=1S/C14H15N5OS/c1-8(2)12-16-17-14-19(12)18-13(21-14)11-7-15-9-5-3-4-6-10(9)20-11/h3-6,8,11,15H,7H2,1-2H3. The van der Waals surface area contributed by atoms with Gasteiger partial charge in [-0.1, -0.05) is 37.3 Å². The summed E-state index contributed by atoms with van der Waals surface area (Å²) in [7, 11) is 0. The molecule has 0 fully saturated rings. The normalized spacial score (nSPS) is 17.6. The highest BCUT2D eigenvalue weighted by Crippen LogP contribution is 2.35. The van der Waals surface area contributed by atoms with Gasteiger partial charge in [-0.25, -0.2) is 0 Å². The van der Waals surface area contributed by atoms with Gasteiger partial charge in [-0.2, -0.15) is 9.61 Å². The number of rotatable bonds is 2. The summed E-state index contributed by atoms with van der Waals surface area (Å²) >= 11 is 1.53. The van der Waals surface area contributed by atoms with Gasteiger partial charge in [0, 0.05) is 5.92 Å². The number of fused-ring (bicyclic) bond motifs is 2. The maximum atomic E-state index is 6.04. The summed E-state index contributed by atoms with van der Waals surface area (Å²) < 4.78 is 7.87. The molecular weight excluding hydrogens is 286 g/mol. The third-order valence-corrected chi connectivity index (χ3v) is 4.45. The molecule has 0 spiro atoms. The van der Waals surface area contributed by atoms with Crippen LogP contribution in [0.25, 0.3) is 4.96 Å². The van der Waals surface area contributed by atoms with Crippen molar-refractivity contribution in [3.05, 3.63) is 35.1 Å². The molecule has 1 atom stereocenters. The molecule has 6 nitrogen and oxygen atoms in total. The van der Waals surface area contributed by atoms with Gasteiger partial charge in [0.05, 0.1) is 12.2 Å². The Balaban J connectivity index is 1.68. The number of nitrogens with one attached hydrogen (secondary N) is 1. The van der Waals surface area contributed by atoms with Crippen LogP contribution in [-0.2, 0) is 0 Å². The molecule has 1 aromatic carbocycles. The van der Waals surface area contributed by atoms with Crippen LogP contribution in [0, 0.1) is 0 Å². The monoisotopic (exact) mass is 301 g/mol. The molecule has 3 heterocycles. The second-order valence-corrected chi connectivity index (χ2v) is 6.32. The molecule has 108 valence electrons. The number of benzene rings is 1. The average molecular weight is 301 g/mol. The minimum absolute atomic E-state index is 0.0911. The lowest BCUT2D eigenvalue weighted by Crippen LogP contribution is -2.23. The number of hydrogen-bond donors (Lipinski definition) is 1. The number of hydrogen-bond acceptors (Lipinski definition) is 6. The minimum atomic E-state index is -0.0911. The fourth-order valence-corrected chi connectivity index (χ4v) is 3.26. The SMILES string of the molecule is CC(C)c1nnc2sc(C3CNc4ccccc4O3)nn12. The van der Waals surface area contributed by atoms with Crippen molar-refractivity contribution in [1.29, 1.82) is 0 Å². The Bertz CT molecular complexity index is 794. The first-order chi connectivity index (χ1) is 10.2. The smallest absolute Gasteiger partial charge is 0.234 e. The highest BCUT2D eigenvalue weighted by atomic mass is 32.1. The van der Waals surface area contributed by atoms with Gasteiger partial charge in [-0.15, -0.1) is 10.2 Å². The van der Waals surface area contributed by atoms with E-state index in [0.717, 1.165) is 27.2 Å². The van der Waals surface area contributed by atoms with Gasteiger partial charge in [0.15, 0.2) is 16.9 Å². The molecule has 0 aliphatic carbocycles. The van der Waals surface area contributed by atoms with E-state index in [1.807, 2.05) is 28.8 Å². The molecule has 0 amide bonds. The van der Waals surface area contributed by atoms with Crippen LogP contribution in [0.5, 0.6) is 5.75 Å². The van der Waals surface area contributed by atoms with Gasteiger partial charge >= 0.3 is 0 Å². The van der Waals surface area contributed by atoms with Gasteiger partial charge in [0.25, 0.3) is 0 Å². The van der Waals surface area contributed by atoms with E-state index < -0.39 is 0 Å². The van der Waals surface area contributed by atoms with E-state index in [1.165, 1.54) is 11.3 Å². The van der Waals surface area contributed by atoms with Gasteiger partial charge < -0.3 is 10.1 Å². The van der Waals surface area contributed by atoms with Gasteiger partial charge in [-0.05, 0) is 12.1 Å². The second kappa shape index (κ2) is 4.70. The summed E-state index contributed by atoms with van der Waals surface area (Å²) in [6.45, 7) is 4.88. The van der Waals surface area contributed by atoms with E-state index >= 15 is 0 Å². The van der Waals surface area contributed by atoms with Crippen LogP contribution < -0.4 is 10.1 Å². The van der Waals surface area contributed by atoms with E-state index in [0.29, 0.717) is 12.5 Å². The van der Waals surface area contributed by atoms with Crippen LogP contribution in [0.3, 0.4) is 0 Å². The van der Waals surface area contributed by atoms with Crippen molar-refractivity contribution in [3.63, 3.8) is 0 Å². The van der Waals surface area contributed by atoms with Gasteiger partial charge in [0.2, 0.25) is 4.96 Å². The summed E-state index contributed by atoms with van der Waals surface area (Å²) in [5.41, 5.74) is 1.03. The van der Waals surface area contributed by atoms with Crippen LogP contribution in [0.4, 0.5) is 5.69 Å². The van der Waals surface area contributed by atoms with Crippen molar-refractivity contribution >= 4 is 22.0 Å². The van der Waals surface area contributed by atoms with Crippen molar-refractivity contribution in [2.75, 3.05) is 11.9 Å². The van der Waals surface area contributed by atoms with E-state index in [1.54, 1.807) is 0 Å². The predicted octanol–water partition coefficient (Wildman–Crippen LogP) is 2.85. The van der Waals surface area contributed by atoms with Crippen LogP contribution in [-0.4, -0.2) is 26.4 Å². The predicted molar refractivity (Wildman–Crippen MR) is 81.0 cm³/mol. The quantitative estimate of drug-likeness (QED) is 0.788. The maximum Gasteiger partial charge on any atom is 0.234 e. The van der Waals surface area contributed by atoms with E-state index in [-0.39, 0.29) is 6.10 Å². The first kappa shape index (κ1) is 12.6. The van der Waals surface area contributed by atoms with E-state index in [4.69, 9.17) is 4.74 Å². The number of nitrogens with zero attached hydrogens (tertiary/aromatic N) is 4. The van der Waals surface area contributed by atoms with Crippen LogP contribution in [0.1, 0.15) is 36.7 Å². The lowest BCUT2D eigenvalue weighted by molar-refractivity contribution is 0.208. The Hall–Kier alpha value is -2.15. The molecule has 1 aliphatic heterocycles. The van der Waals surface area contributed by atoms with Gasteiger partial charge in [0.1, 0.15) is 5.75 Å². The highest BCUT2D eigenvalue weighted by Gasteiger charge is 2.25. The summed E-state index contributed by atoms with van der Waals surface area (Å²) in [4.78, 5) is 0.816. The zero-order valence-corrected chi connectivity index (χ0v) is 12.6. The van der Waals surface area contributed by atoms with Crippen molar-refractivity contribution in [2.45, 2.75) is 25.9 Å². The molecule has 0 saturated heterocycles. The molecule has 0 bridgehead atoms. The topological polar surface area (TPSA) is 64.3 Å². The van der Waals surface area contributed by atoms with Crippen molar-refractivity contribution in [1.82, 2.24) is 19.8 Å². The minimum Gasteiger partial charge on any atom is -0.479 e. The number of ether oxygens (including phenoxy) is 1. The Morgan fingerprint density at radius 3 is 3.05 bits per heavy atom. The summed E-state index contributed by atoms with van der Waals surface area (Å²) in [6, 6.07) is 7.95. The number of para-hydroxylation sites is 2. The first-order valence-electron chi connectivity index (χ1n) is 6.94. The summed E-state index contributed by atoms with van der Waals surface area (Å²) in [5, 5.41) is 17.3. The Morgan fingerprint density at radius 1 is 1.33 bits per heavy atom. The Labute approximate surface area is 125 Å². The molecule has 3 aromatic rings. The summed E-state index contributed by atoms with van der Waals surface area (Å²) in [6.07, 6.45) is -0.0911. The van der Waals surface area contributed by atoms with Crippen molar-refractivity contribution in [3.8, 4) is 5.75 Å². The second-order valence-electron chi connectivity index (χ2n) is 5.33. The maximum absolute atomic E-state index is 6.04. The molecule has 0 saturated carbocycles. The lowest BCUT2D eigenvalue weighted by atomic mass is 10.2. The third-order valence-electron chi connectivity index (χ3n) is 3.46. The molecule has 7 heteroatoms. The fourth-order valence-electron chi connectivity index (χ4n) is 2.39. The van der Waals surface area contributed by atoms with Crippen LogP contribution in [0.2, 0.25) is 0 Å². The molecular formula is C14H15N5OS. The molecule has 0 radical (unpaired) electrons. The average Bonchev–Trinajstić information content (AvgIpc) is 3.06. The van der Waals surface area contributed by atoms with Gasteiger partial charge in [-0.3, -0.25) is 0 Å².